The number of anilines is 1. The van der Waals surface area contributed by atoms with E-state index in [9.17, 15) is 9.18 Å². The molecule has 0 unspecified atom stereocenters. The maximum absolute atomic E-state index is 13.4. The molecule has 1 N–H and O–H groups in total. The summed E-state index contributed by atoms with van der Waals surface area (Å²) < 4.78 is 15.3. The third-order valence-corrected chi connectivity index (χ3v) is 3.18. The zero-order valence-electron chi connectivity index (χ0n) is 10.2. The maximum atomic E-state index is 13.4. The Balaban J connectivity index is 1.97. The van der Waals surface area contributed by atoms with Crippen molar-refractivity contribution in [3.05, 3.63) is 40.6 Å². The topological polar surface area (TPSA) is 59.8 Å². The van der Waals surface area contributed by atoms with Crippen LogP contribution < -0.4 is 5.32 Å². The number of hydrogen-bond donors (Lipinski definition) is 1. The fourth-order valence-corrected chi connectivity index (χ4v) is 2.02. The smallest absolute Gasteiger partial charge is 0.226 e. The first-order valence-corrected chi connectivity index (χ1v) is 6.43. The van der Waals surface area contributed by atoms with Crippen molar-refractivity contribution in [2.24, 2.45) is 0 Å². The van der Waals surface area contributed by atoms with E-state index in [1.807, 2.05) is 0 Å². The Morgan fingerprint density at radius 1 is 1.53 bits per heavy atom. The van der Waals surface area contributed by atoms with Gasteiger partial charge < -0.3 is 5.32 Å². The summed E-state index contributed by atoms with van der Waals surface area (Å²) in [5, 5.41) is 6.58. The standard InChI is InChI=1S/C12H12BrFN4O/c1-8-4-9(13)10(14)5-11(8)17-12(19)2-3-18-7-15-6-16-18/h4-7H,2-3H2,1H3,(H,17,19). The molecular formula is C12H12BrFN4O. The molecule has 1 heterocycles. The molecule has 0 bridgehead atoms. The van der Waals surface area contributed by atoms with Crippen LogP contribution in [0.15, 0.2) is 29.3 Å². The summed E-state index contributed by atoms with van der Waals surface area (Å²) in [5.74, 6) is -0.600. The Labute approximate surface area is 118 Å². The highest BCUT2D eigenvalue weighted by Gasteiger charge is 2.09. The summed E-state index contributed by atoms with van der Waals surface area (Å²) in [5.41, 5.74) is 1.27. The number of benzene rings is 1. The largest absolute Gasteiger partial charge is 0.326 e. The van der Waals surface area contributed by atoms with Gasteiger partial charge in [-0.1, -0.05) is 0 Å². The van der Waals surface area contributed by atoms with Gasteiger partial charge in [0.05, 0.1) is 11.0 Å². The quantitative estimate of drug-likeness (QED) is 0.939. The molecule has 5 nitrogen and oxygen atoms in total. The van der Waals surface area contributed by atoms with Crippen LogP contribution in [0.4, 0.5) is 10.1 Å². The summed E-state index contributed by atoms with van der Waals surface area (Å²) in [6.45, 7) is 2.24. The average molecular weight is 327 g/mol. The molecule has 0 aliphatic rings. The summed E-state index contributed by atoms with van der Waals surface area (Å²) in [4.78, 5) is 15.5. The van der Waals surface area contributed by atoms with Crippen molar-refractivity contribution in [2.75, 3.05) is 5.32 Å². The van der Waals surface area contributed by atoms with E-state index in [1.54, 1.807) is 17.7 Å². The van der Waals surface area contributed by atoms with Crippen molar-refractivity contribution >= 4 is 27.5 Å². The van der Waals surface area contributed by atoms with E-state index in [-0.39, 0.29) is 12.3 Å². The van der Waals surface area contributed by atoms with Gasteiger partial charge in [-0.25, -0.2) is 9.37 Å². The Morgan fingerprint density at radius 3 is 3.00 bits per heavy atom. The van der Waals surface area contributed by atoms with Gasteiger partial charge in [0.15, 0.2) is 0 Å². The van der Waals surface area contributed by atoms with Crippen LogP contribution in [0.2, 0.25) is 0 Å². The number of carbonyl (C=O) groups excluding carboxylic acids is 1. The lowest BCUT2D eigenvalue weighted by molar-refractivity contribution is -0.116. The van der Waals surface area contributed by atoms with E-state index in [0.717, 1.165) is 5.56 Å². The maximum Gasteiger partial charge on any atom is 0.226 e. The van der Waals surface area contributed by atoms with Gasteiger partial charge in [-0.2, -0.15) is 5.10 Å². The Hall–Kier alpha value is -1.76. The first-order valence-electron chi connectivity index (χ1n) is 5.64. The lowest BCUT2D eigenvalue weighted by Gasteiger charge is -2.09. The predicted octanol–water partition coefficient (Wildman–Crippen LogP) is 2.52. The number of amides is 1. The Morgan fingerprint density at radius 2 is 2.32 bits per heavy atom. The molecule has 0 aliphatic heterocycles. The number of halogens is 2. The molecule has 19 heavy (non-hydrogen) atoms. The molecule has 0 radical (unpaired) electrons. The highest BCUT2D eigenvalue weighted by Crippen LogP contribution is 2.23. The average Bonchev–Trinajstić information content (AvgIpc) is 2.86. The van der Waals surface area contributed by atoms with Crippen molar-refractivity contribution in [3.8, 4) is 0 Å². The number of carbonyl (C=O) groups is 1. The zero-order valence-corrected chi connectivity index (χ0v) is 11.8. The molecule has 1 aromatic carbocycles. The molecule has 2 rings (SSSR count). The minimum atomic E-state index is -0.405. The van der Waals surface area contributed by atoms with Crippen LogP contribution in [0.5, 0.6) is 0 Å². The van der Waals surface area contributed by atoms with E-state index >= 15 is 0 Å². The van der Waals surface area contributed by atoms with Crippen LogP contribution in [-0.4, -0.2) is 20.7 Å². The van der Waals surface area contributed by atoms with E-state index < -0.39 is 5.82 Å². The summed E-state index contributed by atoms with van der Waals surface area (Å²) in [6, 6.07) is 2.93. The van der Waals surface area contributed by atoms with Crippen molar-refractivity contribution in [1.82, 2.24) is 14.8 Å². The van der Waals surface area contributed by atoms with Crippen LogP contribution in [0.25, 0.3) is 0 Å². The molecule has 1 amide bonds. The van der Waals surface area contributed by atoms with E-state index in [2.05, 4.69) is 31.3 Å². The number of rotatable bonds is 4. The normalized spacial score (nSPS) is 10.5. The fraction of sp³-hybridized carbons (Fsp3) is 0.250. The van der Waals surface area contributed by atoms with Gasteiger partial charge >= 0.3 is 0 Å². The Bertz CT molecular complexity index is 586. The predicted molar refractivity (Wildman–Crippen MR) is 72.1 cm³/mol. The van der Waals surface area contributed by atoms with Gasteiger partial charge in [-0.15, -0.1) is 0 Å². The first kappa shape index (κ1) is 13.7. The minimum Gasteiger partial charge on any atom is -0.326 e. The summed E-state index contributed by atoms with van der Waals surface area (Å²) >= 11 is 3.10. The van der Waals surface area contributed by atoms with Gasteiger partial charge in [0.2, 0.25) is 5.91 Å². The van der Waals surface area contributed by atoms with E-state index in [4.69, 9.17) is 0 Å². The van der Waals surface area contributed by atoms with Gasteiger partial charge in [0, 0.05) is 12.1 Å². The number of aryl methyl sites for hydroxylation is 2. The molecule has 0 saturated carbocycles. The number of aromatic nitrogens is 3. The molecule has 0 atom stereocenters. The Kier molecular flexibility index (Phi) is 4.26. The SMILES string of the molecule is Cc1cc(Br)c(F)cc1NC(=O)CCn1cncn1. The molecule has 0 spiro atoms. The molecule has 2 aromatic rings. The lowest BCUT2D eigenvalue weighted by Crippen LogP contribution is -2.15. The van der Waals surface area contributed by atoms with E-state index in [1.165, 1.54) is 18.7 Å². The molecule has 0 saturated heterocycles. The number of nitrogens with one attached hydrogen (secondary N) is 1. The van der Waals surface area contributed by atoms with Crippen LogP contribution in [0.1, 0.15) is 12.0 Å². The van der Waals surface area contributed by atoms with E-state index in [0.29, 0.717) is 16.7 Å². The van der Waals surface area contributed by atoms with Gasteiger partial charge in [-0.3, -0.25) is 9.48 Å². The molecule has 0 aliphatic carbocycles. The second-order valence-corrected chi connectivity index (χ2v) is 4.89. The van der Waals surface area contributed by atoms with Crippen molar-refractivity contribution < 1.29 is 9.18 Å². The molecule has 0 fully saturated rings. The monoisotopic (exact) mass is 326 g/mol. The van der Waals surface area contributed by atoms with Gasteiger partial charge in [0.25, 0.3) is 0 Å². The lowest BCUT2D eigenvalue weighted by atomic mass is 10.2. The minimum absolute atomic E-state index is 0.194. The molecule has 7 heteroatoms. The highest BCUT2D eigenvalue weighted by molar-refractivity contribution is 9.10. The highest BCUT2D eigenvalue weighted by atomic mass is 79.9. The third kappa shape index (κ3) is 3.60. The number of nitrogens with zero attached hydrogens (tertiary/aromatic N) is 3. The van der Waals surface area contributed by atoms with Crippen molar-refractivity contribution in [1.29, 1.82) is 0 Å². The first-order chi connectivity index (χ1) is 9.06. The molecular weight excluding hydrogens is 315 g/mol. The van der Waals surface area contributed by atoms with Crippen molar-refractivity contribution in [2.45, 2.75) is 19.9 Å². The van der Waals surface area contributed by atoms with Crippen LogP contribution in [0, 0.1) is 12.7 Å². The zero-order chi connectivity index (χ0) is 13.8. The van der Waals surface area contributed by atoms with Crippen LogP contribution in [-0.2, 0) is 11.3 Å². The summed E-state index contributed by atoms with van der Waals surface area (Å²) in [7, 11) is 0. The van der Waals surface area contributed by atoms with Crippen LogP contribution in [0.3, 0.4) is 0 Å². The summed E-state index contributed by atoms with van der Waals surface area (Å²) in [6.07, 6.45) is 3.20. The molecule has 1 aromatic heterocycles. The van der Waals surface area contributed by atoms with Gasteiger partial charge in [0.1, 0.15) is 18.5 Å². The molecule has 100 valence electrons. The fourth-order valence-electron chi connectivity index (χ4n) is 1.56. The van der Waals surface area contributed by atoms with Crippen molar-refractivity contribution in [3.63, 3.8) is 0 Å². The second kappa shape index (κ2) is 5.92. The van der Waals surface area contributed by atoms with Gasteiger partial charge in [-0.05, 0) is 40.5 Å². The third-order valence-electron chi connectivity index (χ3n) is 2.58. The second-order valence-electron chi connectivity index (χ2n) is 4.04. The van der Waals surface area contributed by atoms with Crippen LogP contribution >= 0.6 is 15.9 Å². The number of hydrogen-bond acceptors (Lipinski definition) is 3.